The number of fused-ring (bicyclic) bond motifs is 3. The van der Waals surface area contributed by atoms with Gasteiger partial charge in [-0.3, -0.25) is 4.79 Å². The van der Waals surface area contributed by atoms with Crippen molar-refractivity contribution in [2.75, 3.05) is 0 Å². The third kappa shape index (κ3) is 2.16. The van der Waals surface area contributed by atoms with Crippen LogP contribution >= 0.6 is 15.9 Å². The maximum atomic E-state index is 13.5. The number of rotatable bonds is 2. The Hall–Kier alpha value is -1.36. The number of carboxylic acid groups (broad SMARTS) is 1. The van der Waals surface area contributed by atoms with Gasteiger partial charge < -0.3 is 10.1 Å². The standard InChI is InChI=1S/C14H13BrFNO2/c15-11-6-8(16)5-10-9-3-1-2-7(4-12(18)19)13(9)17-14(10)11/h5-7,17H,1-4H2,(H,18,19). The molecular weight excluding hydrogens is 313 g/mol. The summed E-state index contributed by atoms with van der Waals surface area (Å²) in [5.74, 6) is -1.06. The minimum Gasteiger partial charge on any atom is -0.481 e. The summed E-state index contributed by atoms with van der Waals surface area (Å²) < 4.78 is 14.2. The minimum atomic E-state index is -0.790. The van der Waals surface area contributed by atoms with E-state index in [2.05, 4.69) is 20.9 Å². The second kappa shape index (κ2) is 4.63. The average molecular weight is 326 g/mol. The van der Waals surface area contributed by atoms with Crippen LogP contribution in [0.5, 0.6) is 0 Å². The van der Waals surface area contributed by atoms with Crippen LogP contribution < -0.4 is 0 Å². The number of aliphatic carboxylic acids is 1. The first kappa shape index (κ1) is 12.7. The highest BCUT2D eigenvalue weighted by molar-refractivity contribution is 9.10. The van der Waals surface area contributed by atoms with Gasteiger partial charge >= 0.3 is 5.97 Å². The van der Waals surface area contributed by atoms with Crippen LogP contribution in [0.3, 0.4) is 0 Å². The molecule has 100 valence electrons. The lowest BCUT2D eigenvalue weighted by Crippen LogP contribution is -2.13. The van der Waals surface area contributed by atoms with Gasteiger partial charge in [0.05, 0.1) is 11.9 Å². The first-order chi connectivity index (χ1) is 9.06. The summed E-state index contributed by atoms with van der Waals surface area (Å²) in [6, 6.07) is 2.95. The molecule has 1 aliphatic carbocycles. The molecule has 0 bridgehead atoms. The number of H-pyrrole nitrogens is 1. The molecule has 0 aliphatic heterocycles. The normalized spacial score (nSPS) is 18.5. The summed E-state index contributed by atoms with van der Waals surface area (Å²) in [7, 11) is 0. The van der Waals surface area contributed by atoms with Gasteiger partial charge in [-0.2, -0.15) is 0 Å². The van der Waals surface area contributed by atoms with Gasteiger partial charge in [0.15, 0.2) is 0 Å². The number of aromatic nitrogens is 1. The van der Waals surface area contributed by atoms with E-state index in [1.54, 1.807) is 0 Å². The molecule has 0 fully saturated rings. The molecule has 0 spiro atoms. The summed E-state index contributed by atoms with van der Waals surface area (Å²) in [4.78, 5) is 14.2. The van der Waals surface area contributed by atoms with E-state index >= 15 is 0 Å². The molecule has 1 heterocycles. The Morgan fingerprint density at radius 1 is 1.53 bits per heavy atom. The van der Waals surface area contributed by atoms with Gasteiger partial charge in [-0.25, -0.2) is 4.39 Å². The van der Waals surface area contributed by atoms with Crippen LogP contribution in [0.25, 0.3) is 10.9 Å². The van der Waals surface area contributed by atoms with Gasteiger partial charge in [0.25, 0.3) is 0 Å². The zero-order valence-corrected chi connectivity index (χ0v) is 11.8. The molecule has 3 rings (SSSR count). The van der Waals surface area contributed by atoms with Gasteiger partial charge in [0, 0.05) is 21.5 Å². The van der Waals surface area contributed by atoms with Crippen molar-refractivity contribution >= 4 is 32.8 Å². The van der Waals surface area contributed by atoms with Crippen molar-refractivity contribution < 1.29 is 14.3 Å². The molecule has 19 heavy (non-hydrogen) atoms. The number of halogens is 2. The SMILES string of the molecule is O=C(O)CC1CCCc2c1[nH]c1c(Br)cc(F)cc21. The Balaban J connectivity index is 2.18. The fourth-order valence-electron chi connectivity index (χ4n) is 3.00. The zero-order valence-electron chi connectivity index (χ0n) is 10.2. The van der Waals surface area contributed by atoms with E-state index in [0.717, 1.165) is 41.4 Å². The fraction of sp³-hybridized carbons (Fsp3) is 0.357. The van der Waals surface area contributed by atoms with Crippen LogP contribution in [0.1, 0.15) is 36.4 Å². The van der Waals surface area contributed by atoms with Gasteiger partial charge in [0.2, 0.25) is 0 Å². The Labute approximate surface area is 117 Å². The lowest BCUT2D eigenvalue weighted by atomic mass is 9.85. The van der Waals surface area contributed by atoms with Crippen LogP contribution in [0.2, 0.25) is 0 Å². The Kier molecular flexibility index (Phi) is 3.09. The Morgan fingerprint density at radius 3 is 3.05 bits per heavy atom. The molecule has 0 saturated heterocycles. The van der Waals surface area contributed by atoms with E-state index in [1.165, 1.54) is 12.1 Å². The van der Waals surface area contributed by atoms with E-state index in [-0.39, 0.29) is 18.2 Å². The first-order valence-corrected chi connectivity index (χ1v) is 7.07. The molecule has 3 nitrogen and oxygen atoms in total. The van der Waals surface area contributed by atoms with Gasteiger partial charge in [-0.1, -0.05) is 0 Å². The molecular formula is C14H13BrFNO2. The van der Waals surface area contributed by atoms with Crippen molar-refractivity contribution in [1.29, 1.82) is 0 Å². The third-order valence-electron chi connectivity index (χ3n) is 3.77. The van der Waals surface area contributed by atoms with Crippen LogP contribution in [-0.4, -0.2) is 16.1 Å². The molecule has 1 aromatic carbocycles. The number of carbonyl (C=O) groups is 1. The van der Waals surface area contributed by atoms with Crippen LogP contribution in [0.15, 0.2) is 16.6 Å². The predicted octanol–water partition coefficient (Wildman–Crippen LogP) is 3.96. The van der Waals surface area contributed by atoms with Crippen molar-refractivity contribution in [3.8, 4) is 0 Å². The average Bonchev–Trinajstić information content (AvgIpc) is 2.69. The minimum absolute atomic E-state index is 0.00334. The van der Waals surface area contributed by atoms with Crippen molar-refractivity contribution in [2.24, 2.45) is 0 Å². The lowest BCUT2D eigenvalue weighted by molar-refractivity contribution is -0.137. The summed E-state index contributed by atoms with van der Waals surface area (Å²) in [5.41, 5.74) is 2.91. The smallest absolute Gasteiger partial charge is 0.304 e. The topological polar surface area (TPSA) is 53.1 Å². The summed E-state index contributed by atoms with van der Waals surface area (Å²) in [6.07, 6.45) is 2.82. The highest BCUT2D eigenvalue weighted by Gasteiger charge is 2.26. The second-order valence-corrected chi connectivity index (χ2v) is 5.87. The lowest BCUT2D eigenvalue weighted by Gasteiger charge is -2.20. The third-order valence-corrected chi connectivity index (χ3v) is 4.40. The molecule has 1 aliphatic rings. The van der Waals surface area contributed by atoms with Crippen molar-refractivity contribution in [3.05, 3.63) is 33.7 Å². The van der Waals surface area contributed by atoms with Crippen molar-refractivity contribution in [2.45, 2.75) is 31.6 Å². The van der Waals surface area contributed by atoms with E-state index < -0.39 is 5.97 Å². The number of benzene rings is 1. The van der Waals surface area contributed by atoms with Crippen molar-refractivity contribution in [3.63, 3.8) is 0 Å². The summed E-state index contributed by atoms with van der Waals surface area (Å²) in [5, 5.41) is 9.85. The molecule has 5 heteroatoms. The highest BCUT2D eigenvalue weighted by atomic mass is 79.9. The van der Waals surface area contributed by atoms with Crippen molar-refractivity contribution in [1.82, 2.24) is 4.98 Å². The molecule has 1 unspecified atom stereocenters. The number of carboxylic acids is 1. The molecule has 2 aromatic rings. The molecule has 0 radical (unpaired) electrons. The second-order valence-electron chi connectivity index (χ2n) is 5.01. The number of hydrogen-bond donors (Lipinski definition) is 2. The van der Waals surface area contributed by atoms with Crippen LogP contribution in [-0.2, 0) is 11.2 Å². The van der Waals surface area contributed by atoms with Gasteiger partial charge in [-0.15, -0.1) is 0 Å². The highest BCUT2D eigenvalue weighted by Crippen LogP contribution is 2.39. The van der Waals surface area contributed by atoms with E-state index in [0.29, 0.717) is 4.47 Å². The number of aromatic amines is 1. The largest absolute Gasteiger partial charge is 0.481 e. The number of aryl methyl sites for hydroxylation is 1. The summed E-state index contributed by atoms with van der Waals surface area (Å²) in [6.45, 7) is 0. The van der Waals surface area contributed by atoms with Crippen LogP contribution in [0, 0.1) is 5.82 Å². The predicted molar refractivity (Wildman–Crippen MR) is 73.9 cm³/mol. The van der Waals surface area contributed by atoms with Crippen LogP contribution in [0.4, 0.5) is 4.39 Å². The molecule has 1 atom stereocenters. The fourth-order valence-corrected chi connectivity index (χ4v) is 3.53. The number of hydrogen-bond acceptors (Lipinski definition) is 1. The maximum Gasteiger partial charge on any atom is 0.304 e. The summed E-state index contributed by atoms with van der Waals surface area (Å²) >= 11 is 3.36. The van der Waals surface area contributed by atoms with Gasteiger partial charge in [-0.05, 0) is 52.9 Å². The zero-order chi connectivity index (χ0) is 13.6. The molecule has 0 saturated carbocycles. The van der Waals surface area contributed by atoms with E-state index in [1.807, 2.05) is 0 Å². The monoisotopic (exact) mass is 325 g/mol. The van der Waals surface area contributed by atoms with E-state index in [9.17, 15) is 9.18 Å². The van der Waals surface area contributed by atoms with E-state index in [4.69, 9.17) is 5.11 Å². The quantitative estimate of drug-likeness (QED) is 0.877. The Bertz CT molecular complexity index is 665. The first-order valence-electron chi connectivity index (χ1n) is 6.27. The van der Waals surface area contributed by atoms with Gasteiger partial charge in [0.1, 0.15) is 5.82 Å². The molecule has 1 aromatic heterocycles. The maximum absolute atomic E-state index is 13.5. The Morgan fingerprint density at radius 2 is 2.32 bits per heavy atom. The molecule has 2 N–H and O–H groups in total. The number of nitrogens with one attached hydrogen (secondary N) is 1. The molecule has 0 amide bonds.